The van der Waals surface area contributed by atoms with Crippen LogP contribution in [-0.4, -0.2) is 70.2 Å². The summed E-state index contributed by atoms with van der Waals surface area (Å²) in [5.74, 6) is 1.46. The van der Waals surface area contributed by atoms with E-state index in [1.165, 1.54) is 6.42 Å². The SMILES string of the molecule is O=C(NCCN1CCN(c2ncnc3[nH]ncc23)CC1)C1CCC1. The monoisotopic (exact) mass is 329 g/mol. The number of aromatic nitrogens is 4. The molecule has 1 aliphatic carbocycles. The molecule has 128 valence electrons. The van der Waals surface area contributed by atoms with E-state index in [0.717, 1.165) is 69.0 Å². The Morgan fingerprint density at radius 1 is 1.25 bits per heavy atom. The Bertz CT molecular complexity index is 703. The summed E-state index contributed by atoms with van der Waals surface area (Å²) in [6.45, 7) is 5.46. The minimum absolute atomic E-state index is 0.239. The van der Waals surface area contributed by atoms with Crippen LogP contribution < -0.4 is 10.2 Å². The molecule has 0 bridgehead atoms. The minimum Gasteiger partial charge on any atom is -0.355 e. The van der Waals surface area contributed by atoms with Gasteiger partial charge in [-0.3, -0.25) is 14.8 Å². The second-order valence-electron chi connectivity index (χ2n) is 6.58. The van der Waals surface area contributed by atoms with Crippen molar-refractivity contribution in [2.75, 3.05) is 44.2 Å². The van der Waals surface area contributed by atoms with Crippen molar-refractivity contribution in [3.05, 3.63) is 12.5 Å². The lowest BCUT2D eigenvalue weighted by Crippen LogP contribution is -2.49. The van der Waals surface area contributed by atoms with Crippen LogP contribution >= 0.6 is 0 Å². The highest BCUT2D eigenvalue weighted by molar-refractivity contribution is 5.86. The first-order valence-electron chi connectivity index (χ1n) is 8.70. The van der Waals surface area contributed by atoms with Crippen molar-refractivity contribution in [3.8, 4) is 0 Å². The topological polar surface area (TPSA) is 90.0 Å². The van der Waals surface area contributed by atoms with Gasteiger partial charge < -0.3 is 10.2 Å². The van der Waals surface area contributed by atoms with E-state index in [0.29, 0.717) is 0 Å². The van der Waals surface area contributed by atoms with Gasteiger partial charge >= 0.3 is 0 Å². The van der Waals surface area contributed by atoms with Crippen LogP contribution in [0.1, 0.15) is 19.3 Å². The normalized spacial score (nSPS) is 19.4. The molecule has 2 N–H and O–H groups in total. The molecule has 8 heteroatoms. The van der Waals surface area contributed by atoms with Gasteiger partial charge in [-0.05, 0) is 12.8 Å². The number of nitrogens with one attached hydrogen (secondary N) is 2. The van der Waals surface area contributed by atoms with Crippen LogP contribution in [-0.2, 0) is 4.79 Å². The molecule has 0 spiro atoms. The highest BCUT2D eigenvalue weighted by Crippen LogP contribution is 2.26. The molecular weight excluding hydrogens is 306 g/mol. The van der Waals surface area contributed by atoms with Gasteiger partial charge in [0.25, 0.3) is 0 Å². The number of rotatable bonds is 5. The number of aromatic amines is 1. The quantitative estimate of drug-likeness (QED) is 0.825. The fourth-order valence-electron chi connectivity index (χ4n) is 3.34. The molecule has 1 saturated heterocycles. The largest absolute Gasteiger partial charge is 0.355 e. The van der Waals surface area contributed by atoms with Gasteiger partial charge in [-0.25, -0.2) is 9.97 Å². The Morgan fingerprint density at radius 2 is 2.08 bits per heavy atom. The van der Waals surface area contributed by atoms with E-state index in [2.05, 4.69) is 35.3 Å². The van der Waals surface area contributed by atoms with Crippen molar-refractivity contribution in [2.45, 2.75) is 19.3 Å². The lowest BCUT2D eigenvalue weighted by Gasteiger charge is -2.35. The number of anilines is 1. The average Bonchev–Trinajstić information content (AvgIpc) is 3.02. The Kier molecular flexibility index (Phi) is 4.29. The van der Waals surface area contributed by atoms with Crippen molar-refractivity contribution in [1.29, 1.82) is 0 Å². The number of amides is 1. The van der Waals surface area contributed by atoms with E-state index in [1.807, 2.05) is 0 Å². The van der Waals surface area contributed by atoms with Gasteiger partial charge in [0.2, 0.25) is 5.91 Å². The number of hydrogen-bond acceptors (Lipinski definition) is 6. The number of piperazine rings is 1. The molecule has 0 unspecified atom stereocenters. The Morgan fingerprint density at radius 3 is 2.83 bits per heavy atom. The van der Waals surface area contributed by atoms with Gasteiger partial charge in [0.05, 0.1) is 11.6 Å². The summed E-state index contributed by atoms with van der Waals surface area (Å²) in [4.78, 5) is 25.1. The molecule has 4 rings (SSSR count). The molecule has 1 amide bonds. The summed E-state index contributed by atoms with van der Waals surface area (Å²) >= 11 is 0. The number of H-pyrrole nitrogens is 1. The van der Waals surface area contributed by atoms with Crippen LogP contribution in [0.2, 0.25) is 0 Å². The minimum atomic E-state index is 0.239. The van der Waals surface area contributed by atoms with E-state index < -0.39 is 0 Å². The fourth-order valence-corrected chi connectivity index (χ4v) is 3.34. The van der Waals surface area contributed by atoms with Crippen molar-refractivity contribution in [1.82, 2.24) is 30.4 Å². The zero-order valence-corrected chi connectivity index (χ0v) is 13.7. The molecule has 2 aromatic rings. The maximum atomic E-state index is 11.8. The van der Waals surface area contributed by atoms with Gasteiger partial charge in [-0.15, -0.1) is 0 Å². The summed E-state index contributed by atoms with van der Waals surface area (Å²) in [6, 6.07) is 0. The van der Waals surface area contributed by atoms with Crippen LogP contribution in [0.25, 0.3) is 11.0 Å². The first-order chi connectivity index (χ1) is 11.8. The molecule has 2 aliphatic rings. The molecule has 3 heterocycles. The first-order valence-corrected chi connectivity index (χ1v) is 8.70. The first kappa shape index (κ1) is 15.3. The van der Waals surface area contributed by atoms with Gasteiger partial charge in [-0.1, -0.05) is 6.42 Å². The van der Waals surface area contributed by atoms with E-state index in [4.69, 9.17) is 0 Å². The van der Waals surface area contributed by atoms with Crippen LogP contribution in [0.3, 0.4) is 0 Å². The van der Waals surface area contributed by atoms with Gasteiger partial charge in [-0.2, -0.15) is 5.10 Å². The van der Waals surface area contributed by atoms with Gasteiger partial charge in [0.1, 0.15) is 12.1 Å². The molecule has 2 fully saturated rings. The number of nitrogens with zero attached hydrogens (tertiary/aromatic N) is 5. The van der Waals surface area contributed by atoms with E-state index in [9.17, 15) is 4.79 Å². The van der Waals surface area contributed by atoms with Gasteiger partial charge in [0, 0.05) is 45.2 Å². The van der Waals surface area contributed by atoms with Crippen molar-refractivity contribution < 1.29 is 4.79 Å². The zero-order chi connectivity index (χ0) is 16.4. The fraction of sp³-hybridized carbons (Fsp3) is 0.625. The molecular formula is C16H23N7O. The summed E-state index contributed by atoms with van der Waals surface area (Å²) in [6.07, 6.45) is 6.69. The predicted octanol–water partition coefficient (Wildman–Crippen LogP) is 0.391. The average molecular weight is 329 g/mol. The molecule has 0 atom stereocenters. The third-order valence-corrected chi connectivity index (χ3v) is 5.10. The van der Waals surface area contributed by atoms with Crippen molar-refractivity contribution in [2.24, 2.45) is 5.92 Å². The van der Waals surface area contributed by atoms with Crippen LogP contribution in [0.4, 0.5) is 5.82 Å². The second kappa shape index (κ2) is 6.72. The molecule has 1 saturated carbocycles. The maximum absolute atomic E-state index is 11.8. The molecule has 8 nitrogen and oxygen atoms in total. The summed E-state index contributed by atoms with van der Waals surface area (Å²) in [5, 5.41) is 11.0. The third kappa shape index (κ3) is 3.06. The number of carbonyl (C=O) groups excluding carboxylic acids is 1. The Balaban J connectivity index is 1.26. The summed E-state index contributed by atoms with van der Waals surface area (Å²) in [7, 11) is 0. The summed E-state index contributed by atoms with van der Waals surface area (Å²) in [5.41, 5.74) is 0.779. The lowest BCUT2D eigenvalue weighted by atomic mass is 9.85. The third-order valence-electron chi connectivity index (χ3n) is 5.10. The molecule has 2 aromatic heterocycles. The molecule has 0 radical (unpaired) electrons. The molecule has 0 aromatic carbocycles. The number of hydrogen-bond donors (Lipinski definition) is 2. The predicted molar refractivity (Wildman–Crippen MR) is 90.7 cm³/mol. The standard InChI is InChI=1S/C16H23N7O/c24-16(12-2-1-3-12)17-4-5-22-6-8-23(9-7-22)15-13-10-20-21-14(13)18-11-19-15/h10-12H,1-9H2,(H,17,24)(H,18,19,20,21). The smallest absolute Gasteiger partial charge is 0.223 e. The Hall–Kier alpha value is -2.22. The van der Waals surface area contributed by atoms with Crippen molar-refractivity contribution >= 4 is 22.8 Å². The second-order valence-corrected chi connectivity index (χ2v) is 6.58. The summed E-state index contributed by atoms with van der Waals surface area (Å²) < 4.78 is 0. The van der Waals surface area contributed by atoms with Crippen LogP contribution in [0.5, 0.6) is 0 Å². The van der Waals surface area contributed by atoms with E-state index in [1.54, 1.807) is 12.5 Å². The number of carbonyl (C=O) groups is 1. The van der Waals surface area contributed by atoms with E-state index >= 15 is 0 Å². The van der Waals surface area contributed by atoms with Gasteiger partial charge in [0.15, 0.2) is 5.65 Å². The number of fused-ring (bicyclic) bond motifs is 1. The van der Waals surface area contributed by atoms with Crippen LogP contribution in [0.15, 0.2) is 12.5 Å². The Labute approximate surface area is 140 Å². The molecule has 24 heavy (non-hydrogen) atoms. The zero-order valence-electron chi connectivity index (χ0n) is 13.7. The highest BCUT2D eigenvalue weighted by atomic mass is 16.1. The molecule has 1 aliphatic heterocycles. The van der Waals surface area contributed by atoms with Crippen LogP contribution in [0, 0.1) is 5.92 Å². The van der Waals surface area contributed by atoms with Crippen molar-refractivity contribution in [3.63, 3.8) is 0 Å². The highest BCUT2D eigenvalue weighted by Gasteiger charge is 2.25. The van der Waals surface area contributed by atoms with E-state index in [-0.39, 0.29) is 11.8 Å². The maximum Gasteiger partial charge on any atom is 0.223 e. The lowest BCUT2D eigenvalue weighted by molar-refractivity contribution is -0.127.